The fourth-order valence-electron chi connectivity index (χ4n) is 4.65. The minimum absolute atomic E-state index is 0.166. The SMILES string of the molecule is COc1ccc(COC(C)(C)c2nc3c(O)ncn(Cc4ccc(OC)c(OC5CCCC5)c4)c-3n2)cc1. The Labute approximate surface area is 222 Å². The van der Waals surface area contributed by atoms with Crippen molar-refractivity contribution in [3.63, 3.8) is 0 Å². The topological polar surface area (TPSA) is 101 Å². The van der Waals surface area contributed by atoms with E-state index in [2.05, 4.69) is 9.97 Å². The van der Waals surface area contributed by atoms with Gasteiger partial charge in [-0.15, -0.1) is 0 Å². The number of benzene rings is 2. The van der Waals surface area contributed by atoms with Crippen LogP contribution in [0.25, 0.3) is 11.5 Å². The summed E-state index contributed by atoms with van der Waals surface area (Å²) in [6.07, 6.45) is 6.30. The van der Waals surface area contributed by atoms with Crippen LogP contribution < -0.4 is 14.2 Å². The van der Waals surface area contributed by atoms with Gasteiger partial charge < -0.3 is 28.6 Å². The number of hydrogen-bond acceptors (Lipinski definition) is 8. The zero-order valence-electron chi connectivity index (χ0n) is 22.3. The normalized spacial score (nSPS) is 14.2. The highest BCUT2D eigenvalue weighted by Gasteiger charge is 2.31. The molecule has 0 atom stereocenters. The monoisotopic (exact) mass is 518 g/mol. The van der Waals surface area contributed by atoms with E-state index in [-0.39, 0.29) is 12.0 Å². The molecule has 9 nitrogen and oxygen atoms in total. The number of nitrogens with zero attached hydrogens (tertiary/aromatic N) is 4. The second-order valence-corrected chi connectivity index (χ2v) is 10.1. The van der Waals surface area contributed by atoms with E-state index < -0.39 is 5.60 Å². The van der Waals surface area contributed by atoms with Crippen LogP contribution in [0, 0.1) is 0 Å². The minimum atomic E-state index is -0.800. The molecule has 9 heteroatoms. The lowest BCUT2D eigenvalue weighted by atomic mass is 10.1. The van der Waals surface area contributed by atoms with Crippen LogP contribution in [0.5, 0.6) is 23.1 Å². The van der Waals surface area contributed by atoms with Crippen LogP contribution in [-0.4, -0.2) is 44.9 Å². The van der Waals surface area contributed by atoms with Crippen LogP contribution in [0.2, 0.25) is 0 Å². The Bertz CT molecular complexity index is 1350. The third kappa shape index (κ3) is 5.52. The van der Waals surface area contributed by atoms with Crippen molar-refractivity contribution in [3.8, 4) is 34.6 Å². The number of fused-ring (bicyclic) bond motifs is 1. The lowest BCUT2D eigenvalue weighted by Gasteiger charge is -2.22. The summed E-state index contributed by atoms with van der Waals surface area (Å²) in [6, 6.07) is 13.6. The number of rotatable bonds is 10. The van der Waals surface area contributed by atoms with E-state index in [1.54, 1.807) is 20.5 Å². The average molecular weight is 519 g/mol. The van der Waals surface area contributed by atoms with Crippen molar-refractivity contribution in [2.75, 3.05) is 14.2 Å². The molecule has 0 unspecified atom stereocenters. The molecule has 2 aromatic rings. The van der Waals surface area contributed by atoms with Crippen molar-refractivity contribution in [1.82, 2.24) is 19.5 Å². The molecule has 1 aliphatic carbocycles. The summed E-state index contributed by atoms with van der Waals surface area (Å²) in [6.45, 7) is 4.67. The van der Waals surface area contributed by atoms with Gasteiger partial charge in [0.15, 0.2) is 28.8 Å². The molecule has 0 aromatic heterocycles. The third-order valence-corrected chi connectivity index (χ3v) is 6.92. The molecule has 1 N–H and O–H groups in total. The summed E-state index contributed by atoms with van der Waals surface area (Å²) in [4.78, 5) is 13.5. The summed E-state index contributed by atoms with van der Waals surface area (Å²) in [7, 11) is 3.29. The smallest absolute Gasteiger partial charge is 0.242 e. The molecule has 0 radical (unpaired) electrons. The largest absolute Gasteiger partial charge is 0.497 e. The first kappa shape index (κ1) is 25.8. The lowest BCUT2D eigenvalue weighted by Crippen LogP contribution is -2.23. The van der Waals surface area contributed by atoms with Crippen LogP contribution in [0.1, 0.15) is 56.5 Å². The molecule has 200 valence electrons. The highest BCUT2D eigenvalue weighted by atomic mass is 16.5. The van der Waals surface area contributed by atoms with Gasteiger partial charge >= 0.3 is 0 Å². The van der Waals surface area contributed by atoms with Crippen LogP contribution in [0.4, 0.5) is 0 Å². The van der Waals surface area contributed by atoms with Gasteiger partial charge in [-0.2, -0.15) is 0 Å². The number of hydrogen-bond donors (Lipinski definition) is 1. The fourth-order valence-corrected chi connectivity index (χ4v) is 4.65. The molecule has 1 saturated carbocycles. The molecular weight excluding hydrogens is 484 g/mol. The van der Waals surface area contributed by atoms with Gasteiger partial charge in [-0.25, -0.2) is 15.0 Å². The molecule has 0 saturated heterocycles. The Morgan fingerprint density at radius 1 is 0.947 bits per heavy atom. The van der Waals surface area contributed by atoms with Crippen LogP contribution in [0.3, 0.4) is 0 Å². The van der Waals surface area contributed by atoms with Crippen molar-refractivity contribution >= 4 is 0 Å². The highest BCUT2D eigenvalue weighted by Crippen LogP contribution is 2.35. The molecule has 0 amide bonds. The number of aromatic hydroxyl groups is 1. The maximum atomic E-state index is 10.5. The summed E-state index contributed by atoms with van der Waals surface area (Å²) >= 11 is 0. The molecular formula is C29H34N4O5. The number of imidazole rings is 1. The molecule has 0 spiro atoms. The fraction of sp³-hybridized carbons (Fsp3) is 0.414. The minimum Gasteiger partial charge on any atom is -0.497 e. The van der Waals surface area contributed by atoms with E-state index in [9.17, 15) is 5.11 Å². The van der Waals surface area contributed by atoms with E-state index in [1.807, 2.05) is 60.9 Å². The molecule has 2 heterocycles. The van der Waals surface area contributed by atoms with E-state index in [1.165, 1.54) is 12.8 Å². The van der Waals surface area contributed by atoms with Gasteiger partial charge in [-0.1, -0.05) is 18.2 Å². The third-order valence-electron chi connectivity index (χ3n) is 6.92. The van der Waals surface area contributed by atoms with Gasteiger partial charge in [0.05, 0.1) is 33.5 Å². The maximum Gasteiger partial charge on any atom is 0.242 e. The first-order valence-electron chi connectivity index (χ1n) is 12.9. The number of aromatic nitrogens is 4. The molecule has 3 aliphatic rings. The summed E-state index contributed by atoms with van der Waals surface area (Å²) in [5.74, 6) is 3.08. The zero-order chi connectivity index (χ0) is 26.7. The average Bonchev–Trinajstić information content (AvgIpc) is 3.61. The number of ether oxygens (including phenoxy) is 4. The first-order valence-corrected chi connectivity index (χ1v) is 12.9. The first-order chi connectivity index (χ1) is 18.4. The van der Waals surface area contributed by atoms with Crippen LogP contribution in [0.15, 0.2) is 48.8 Å². The quantitative estimate of drug-likeness (QED) is 0.301. The van der Waals surface area contributed by atoms with E-state index in [0.29, 0.717) is 36.2 Å². The van der Waals surface area contributed by atoms with Gasteiger partial charge in [0.2, 0.25) is 5.88 Å². The molecule has 2 aliphatic heterocycles. The van der Waals surface area contributed by atoms with Crippen molar-refractivity contribution in [3.05, 3.63) is 65.7 Å². The van der Waals surface area contributed by atoms with Crippen molar-refractivity contribution in [2.45, 2.75) is 64.4 Å². The van der Waals surface area contributed by atoms with Crippen LogP contribution in [-0.2, 0) is 23.5 Å². The summed E-state index contributed by atoms with van der Waals surface area (Å²) in [5.41, 5.74) is 1.53. The van der Waals surface area contributed by atoms with Crippen molar-refractivity contribution < 1.29 is 24.1 Å². The Kier molecular flexibility index (Phi) is 7.37. The second kappa shape index (κ2) is 10.9. The molecule has 0 bridgehead atoms. The van der Waals surface area contributed by atoms with Crippen molar-refractivity contribution in [2.24, 2.45) is 0 Å². The van der Waals surface area contributed by atoms with E-state index in [0.717, 1.165) is 35.5 Å². The molecule has 5 rings (SSSR count). The van der Waals surface area contributed by atoms with Crippen LogP contribution >= 0.6 is 0 Å². The Morgan fingerprint density at radius 3 is 2.39 bits per heavy atom. The van der Waals surface area contributed by atoms with Gasteiger partial charge in [-0.3, -0.25) is 0 Å². The zero-order valence-corrected chi connectivity index (χ0v) is 22.3. The lowest BCUT2D eigenvalue weighted by molar-refractivity contribution is -0.0393. The predicted octanol–water partition coefficient (Wildman–Crippen LogP) is 5.32. The predicted molar refractivity (Wildman–Crippen MR) is 142 cm³/mol. The van der Waals surface area contributed by atoms with Gasteiger partial charge in [0, 0.05) is 0 Å². The van der Waals surface area contributed by atoms with Crippen molar-refractivity contribution in [1.29, 1.82) is 0 Å². The summed E-state index contributed by atoms with van der Waals surface area (Å²) < 4.78 is 25.1. The Balaban J connectivity index is 1.37. The molecule has 2 aromatic carbocycles. The molecule has 1 fully saturated rings. The van der Waals surface area contributed by atoms with Gasteiger partial charge in [0.1, 0.15) is 17.7 Å². The van der Waals surface area contributed by atoms with Gasteiger partial charge in [-0.05, 0) is 74.9 Å². The van der Waals surface area contributed by atoms with E-state index >= 15 is 0 Å². The summed E-state index contributed by atoms with van der Waals surface area (Å²) in [5, 5.41) is 10.5. The maximum absolute atomic E-state index is 10.5. The standard InChI is InChI=1S/C29H34N4O5/c1-29(2,37-17-19-9-12-21(35-3)13-10-19)28-31-25-26(32-28)33(18-30-27(25)34)16-20-11-14-23(36-4)24(15-20)38-22-7-5-6-8-22/h9-15,18,22,34H,5-8,16-17H2,1-4H3. The second-order valence-electron chi connectivity index (χ2n) is 10.1. The number of methoxy groups -OCH3 is 2. The van der Waals surface area contributed by atoms with Gasteiger partial charge in [0.25, 0.3) is 0 Å². The highest BCUT2D eigenvalue weighted by molar-refractivity contribution is 5.58. The Morgan fingerprint density at radius 2 is 1.68 bits per heavy atom. The Hall–Kier alpha value is -3.85. The molecule has 38 heavy (non-hydrogen) atoms. The van der Waals surface area contributed by atoms with E-state index in [4.69, 9.17) is 23.9 Å².